The summed E-state index contributed by atoms with van der Waals surface area (Å²) in [5, 5.41) is 0.697. The molecule has 0 bridgehead atoms. The second kappa shape index (κ2) is 7.62. The molecule has 1 aliphatic heterocycles. The first-order valence-corrected chi connectivity index (χ1v) is 10.0. The van der Waals surface area contributed by atoms with Gasteiger partial charge in [-0.05, 0) is 51.3 Å². The van der Waals surface area contributed by atoms with Crippen LogP contribution in [-0.4, -0.2) is 17.2 Å². The van der Waals surface area contributed by atoms with E-state index < -0.39 is 23.1 Å². The van der Waals surface area contributed by atoms with Crippen LogP contribution in [0.15, 0.2) is 45.1 Å². The molecular formula is C24H28O5. The van der Waals surface area contributed by atoms with Gasteiger partial charge in [-0.3, -0.25) is 9.59 Å². The van der Waals surface area contributed by atoms with E-state index in [0.29, 0.717) is 34.3 Å². The van der Waals surface area contributed by atoms with E-state index in [-0.39, 0.29) is 17.5 Å². The average molecular weight is 396 g/mol. The SMILES string of the molecule is CC=C(C)C(=O)C1C(C(=O)CC(C)C)c2cc3ccc(=O)oc3cc2OC1(C)C. The van der Waals surface area contributed by atoms with Crippen molar-refractivity contribution in [1.82, 2.24) is 0 Å². The maximum atomic E-state index is 13.4. The van der Waals surface area contributed by atoms with E-state index in [9.17, 15) is 14.4 Å². The van der Waals surface area contributed by atoms with Gasteiger partial charge in [0.2, 0.25) is 0 Å². The number of Topliss-reactive ketones (excluding diaryl/α,β-unsaturated/α-hetero) is 2. The Labute approximate surface area is 170 Å². The summed E-state index contributed by atoms with van der Waals surface area (Å²) in [6, 6.07) is 6.49. The van der Waals surface area contributed by atoms with Crippen LogP contribution in [0.3, 0.4) is 0 Å². The molecule has 0 saturated heterocycles. The lowest BCUT2D eigenvalue weighted by Crippen LogP contribution is -2.50. The molecule has 0 amide bonds. The summed E-state index contributed by atoms with van der Waals surface area (Å²) in [6.45, 7) is 11.2. The van der Waals surface area contributed by atoms with Gasteiger partial charge in [-0.15, -0.1) is 0 Å². The molecule has 0 spiro atoms. The molecule has 5 nitrogen and oxygen atoms in total. The van der Waals surface area contributed by atoms with Crippen LogP contribution in [0.4, 0.5) is 0 Å². The van der Waals surface area contributed by atoms with Crippen molar-refractivity contribution in [3.05, 3.63) is 51.9 Å². The molecule has 154 valence electrons. The molecule has 29 heavy (non-hydrogen) atoms. The Kier molecular flexibility index (Phi) is 5.52. The number of fused-ring (bicyclic) bond motifs is 2. The summed E-state index contributed by atoms with van der Waals surface area (Å²) < 4.78 is 11.5. The van der Waals surface area contributed by atoms with Crippen LogP contribution in [0.25, 0.3) is 11.0 Å². The van der Waals surface area contributed by atoms with Crippen LogP contribution < -0.4 is 10.4 Å². The molecule has 2 unspecified atom stereocenters. The average Bonchev–Trinajstić information content (AvgIpc) is 2.63. The van der Waals surface area contributed by atoms with Gasteiger partial charge in [0.05, 0.1) is 11.8 Å². The third-order valence-corrected chi connectivity index (χ3v) is 5.60. The zero-order valence-electron chi connectivity index (χ0n) is 17.9. The van der Waals surface area contributed by atoms with Crippen molar-refractivity contribution in [3.63, 3.8) is 0 Å². The van der Waals surface area contributed by atoms with Crippen LogP contribution in [0, 0.1) is 11.8 Å². The molecule has 2 aromatic rings. The summed E-state index contributed by atoms with van der Waals surface area (Å²) >= 11 is 0. The molecule has 0 fully saturated rings. The lowest BCUT2D eigenvalue weighted by atomic mass is 9.68. The highest BCUT2D eigenvalue weighted by atomic mass is 16.5. The van der Waals surface area contributed by atoms with Gasteiger partial charge in [-0.1, -0.05) is 19.9 Å². The molecule has 1 aromatic heterocycles. The Hall–Kier alpha value is -2.69. The van der Waals surface area contributed by atoms with Crippen LogP contribution in [0.1, 0.15) is 59.4 Å². The highest BCUT2D eigenvalue weighted by Gasteiger charge is 2.50. The molecule has 2 atom stereocenters. The number of carbonyl (C=O) groups is 2. The summed E-state index contributed by atoms with van der Waals surface area (Å²) in [6.07, 6.45) is 2.15. The minimum absolute atomic E-state index is 0.0246. The number of hydrogen-bond acceptors (Lipinski definition) is 5. The van der Waals surface area contributed by atoms with Gasteiger partial charge in [0.15, 0.2) is 5.78 Å². The van der Waals surface area contributed by atoms with Crippen molar-refractivity contribution in [2.75, 3.05) is 0 Å². The quantitative estimate of drug-likeness (QED) is 0.535. The van der Waals surface area contributed by atoms with Gasteiger partial charge in [-0.2, -0.15) is 0 Å². The zero-order valence-corrected chi connectivity index (χ0v) is 17.9. The first-order chi connectivity index (χ1) is 13.5. The van der Waals surface area contributed by atoms with Crippen molar-refractivity contribution in [2.24, 2.45) is 11.8 Å². The van der Waals surface area contributed by atoms with Crippen molar-refractivity contribution in [2.45, 2.75) is 59.5 Å². The molecule has 0 saturated carbocycles. The van der Waals surface area contributed by atoms with Crippen molar-refractivity contribution >= 4 is 22.5 Å². The fourth-order valence-electron chi connectivity index (χ4n) is 4.12. The van der Waals surface area contributed by atoms with Crippen molar-refractivity contribution in [1.29, 1.82) is 0 Å². The third-order valence-electron chi connectivity index (χ3n) is 5.60. The fourth-order valence-corrected chi connectivity index (χ4v) is 4.12. The van der Waals surface area contributed by atoms with Gasteiger partial charge < -0.3 is 9.15 Å². The molecule has 2 heterocycles. The van der Waals surface area contributed by atoms with Gasteiger partial charge in [0.1, 0.15) is 22.7 Å². The highest BCUT2D eigenvalue weighted by molar-refractivity contribution is 6.03. The molecular weight excluding hydrogens is 368 g/mol. The van der Waals surface area contributed by atoms with Crippen LogP contribution in [0.2, 0.25) is 0 Å². The topological polar surface area (TPSA) is 73.6 Å². The smallest absolute Gasteiger partial charge is 0.336 e. The Morgan fingerprint density at radius 3 is 2.52 bits per heavy atom. The lowest BCUT2D eigenvalue weighted by molar-refractivity contribution is -0.136. The molecule has 1 aromatic carbocycles. The maximum Gasteiger partial charge on any atom is 0.336 e. The second-order valence-electron chi connectivity index (χ2n) is 8.74. The van der Waals surface area contributed by atoms with Gasteiger partial charge in [0, 0.05) is 29.5 Å². The maximum absolute atomic E-state index is 13.4. The Bertz CT molecular complexity index is 1050. The number of carbonyl (C=O) groups excluding carboxylic acids is 2. The van der Waals surface area contributed by atoms with Gasteiger partial charge in [-0.25, -0.2) is 4.79 Å². The largest absolute Gasteiger partial charge is 0.487 e. The normalized spacial score (nSPS) is 21.0. The minimum atomic E-state index is -0.894. The first-order valence-electron chi connectivity index (χ1n) is 10.0. The number of benzene rings is 1. The summed E-state index contributed by atoms with van der Waals surface area (Å²) in [7, 11) is 0. The van der Waals surface area contributed by atoms with Crippen molar-refractivity contribution in [3.8, 4) is 5.75 Å². The summed E-state index contributed by atoms with van der Waals surface area (Å²) in [4.78, 5) is 38.3. The first kappa shape index (κ1) is 21.0. The van der Waals surface area contributed by atoms with E-state index >= 15 is 0 Å². The number of ether oxygens (including phenoxy) is 1. The zero-order chi connectivity index (χ0) is 21.5. The van der Waals surface area contributed by atoms with Crippen molar-refractivity contribution < 1.29 is 18.7 Å². The second-order valence-corrected chi connectivity index (χ2v) is 8.74. The van der Waals surface area contributed by atoms with E-state index in [0.717, 1.165) is 0 Å². The van der Waals surface area contributed by atoms with E-state index in [1.165, 1.54) is 6.07 Å². The van der Waals surface area contributed by atoms with E-state index in [1.54, 1.807) is 25.1 Å². The summed E-state index contributed by atoms with van der Waals surface area (Å²) in [5.74, 6) is -0.642. The monoisotopic (exact) mass is 396 g/mol. The number of ketones is 2. The Morgan fingerprint density at radius 2 is 1.90 bits per heavy atom. The van der Waals surface area contributed by atoms with Crippen LogP contribution in [-0.2, 0) is 9.59 Å². The van der Waals surface area contributed by atoms with Crippen LogP contribution >= 0.6 is 0 Å². The molecule has 0 radical (unpaired) electrons. The molecule has 1 aliphatic rings. The number of hydrogen-bond donors (Lipinski definition) is 0. The Balaban J connectivity index is 2.26. The van der Waals surface area contributed by atoms with E-state index in [4.69, 9.17) is 9.15 Å². The van der Waals surface area contributed by atoms with E-state index in [1.807, 2.05) is 40.7 Å². The fraction of sp³-hybridized carbons (Fsp3) is 0.458. The molecule has 0 N–H and O–H groups in total. The van der Waals surface area contributed by atoms with Crippen LogP contribution in [0.5, 0.6) is 5.75 Å². The predicted molar refractivity (Wildman–Crippen MR) is 112 cm³/mol. The number of rotatable bonds is 5. The minimum Gasteiger partial charge on any atom is -0.487 e. The van der Waals surface area contributed by atoms with Gasteiger partial charge in [0.25, 0.3) is 0 Å². The lowest BCUT2D eigenvalue weighted by Gasteiger charge is -2.44. The Morgan fingerprint density at radius 1 is 1.21 bits per heavy atom. The summed E-state index contributed by atoms with van der Waals surface area (Å²) in [5.41, 5.74) is 0.352. The standard InChI is InChI=1S/C24H28O5/c1-7-14(4)23(27)22-21(17(25)10-13(2)3)16-11-15-8-9-20(26)28-18(15)12-19(16)29-24(22,5)6/h7-9,11-13,21-22H,10H2,1-6H3. The van der Waals surface area contributed by atoms with Gasteiger partial charge >= 0.3 is 5.63 Å². The predicted octanol–water partition coefficient (Wildman–Crippen LogP) is 4.81. The van der Waals surface area contributed by atoms with E-state index in [2.05, 4.69) is 0 Å². The molecule has 5 heteroatoms. The molecule has 0 aliphatic carbocycles. The molecule has 3 rings (SSSR count). The number of allylic oxidation sites excluding steroid dienone is 2. The third kappa shape index (κ3) is 3.91. The highest BCUT2D eigenvalue weighted by Crippen LogP contribution is 2.48.